The summed E-state index contributed by atoms with van der Waals surface area (Å²) in [5.41, 5.74) is 0.111. The second-order valence-corrected chi connectivity index (χ2v) is 4.66. The monoisotopic (exact) mass is 239 g/mol. The molecule has 0 atom stereocenters. The minimum atomic E-state index is -0.889. The van der Waals surface area contributed by atoms with Crippen LogP contribution in [0.3, 0.4) is 0 Å². The van der Waals surface area contributed by atoms with E-state index in [9.17, 15) is 9.18 Å². The van der Waals surface area contributed by atoms with Crippen molar-refractivity contribution in [2.24, 2.45) is 0 Å². The van der Waals surface area contributed by atoms with Crippen LogP contribution in [0.4, 0.5) is 4.39 Å². The summed E-state index contributed by atoms with van der Waals surface area (Å²) in [4.78, 5) is 12.8. The van der Waals surface area contributed by atoms with Gasteiger partial charge in [0.1, 0.15) is 11.4 Å². The lowest BCUT2D eigenvalue weighted by atomic mass is 10.0. The number of carboxylic acid groups (broad SMARTS) is 1. The average Bonchev–Trinajstić information content (AvgIpc) is 2.27. The van der Waals surface area contributed by atoms with E-state index in [-0.39, 0.29) is 5.82 Å². The summed E-state index contributed by atoms with van der Waals surface area (Å²) in [6.45, 7) is 3.95. The van der Waals surface area contributed by atoms with Crippen molar-refractivity contribution in [2.45, 2.75) is 25.8 Å². The van der Waals surface area contributed by atoms with Gasteiger partial charge < -0.3 is 5.11 Å². The number of halogens is 1. The van der Waals surface area contributed by atoms with Crippen molar-refractivity contribution in [3.8, 4) is 0 Å². The maximum Gasteiger partial charge on any atom is 0.323 e. The van der Waals surface area contributed by atoms with E-state index in [1.807, 2.05) is 0 Å². The molecular weight excluding hydrogens is 221 g/mol. The van der Waals surface area contributed by atoms with Gasteiger partial charge in [-0.05, 0) is 45.0 Å². The molecule has 0 radical (unpaired) electrons. The fraction of sp³-hybridized carbons (Fsp3) is 0.462. The first kappa shape index (κ1) is 13.6. The van der Waals surface area contributed by atoms with Crippen molar-refractivity contribution in [3.63, 3.8) is 0 Å². The number of benzene rings is 1. The molecule has 0 aliphatic heterocycles. The predicted molar refractivity (Wildman–Crippen MR) is 64.4 cm³/mol. The van der Waals surface area contributed by atoms with Gasteiger partial charge in [0.15, 0.2) is 0 Å². The lowest BCUT2D eigenvalue weighted by Gasteiger charge is -2.31. The van der Waals surface area contributed by atoms with Crippen LogP contribution >= 0.6 is 0 Å². The van der Waals surface area contributed by atoms with Crippen LogP contribution in [0.5, 0.6) is 0 Å². The summed E-state index contributed by atoms with van der Waals surface area (Å²) in [6.07, 6.45) is 0.702. The summed E-state index contributed by atoms with van der Waals surface area (Å²) in [6, 6.07) is 6.27. The highest BCUT2D eigenvalue weighted by Crippen LogP contribution is 2.13. The Morgan fingerprint density at radius 1 is 1.35 bits per heavy atom. The second-order valence-electron chi connectivity index (χ2n) is 4.66. The molecule has 0 saturated carbocycles. The molecule has 1 N–H and O–H groups in total. The number of nitrogens with zero attached hydrogens (tertiary/aromatic N) is 1. The Labute approximate surface area is 101 Å². The molecule has 0 unspecified atom stereocenters. The molecule has 3 nitrogen and oxygen atoms in total. The third-order valence-electron chi connectivity index (χ3n) is 3.13. The zero-order chi connectivity index (χ0) is 13.1. The second kappa shape index (κ2) is 5.27. The smallest absolute Gasteiger partial charge is 0.323 e. The molecule has 1 aromatic carbocycles. The molecule has 1 aromatic rings. The molecular formula is C13H18FNO2. The fourth-order valence-corrected chi connectivity index (χ4v) is 1.39. The van der Waals surface area contributed by atoms with Crippen LogP contribution in [0.1, 0.15) is 19.4 Å². The molecule has 0 saturated heterocycles. The standard InChI is InChI=1S/C13H18FNO2/c1-13(2,12(16)17)15(3)9-8-10-4-6-11(14)7-5-10/h4-7H,8-9H2,1-3H3,(H,16,17). The number of aliphatic carboxylic acids is 1. The summed E-state index contributed by atoms with van der Waals surface area (Å²) in [7, 11) is 1.78. The van der Waals surface area contributed by atoms with Gasteiger partial charge in [0, 0.05) is 6.54 Å². The van der Waals surface area contributed by atoms with Gasteiger partial charge in [0.25, 0.3) is 0 Å². The SMILES string of the molecule is CN(CCc1ccc(F)cc1)C(C)(C)C(=O)O. The van der Waals surface area contributed by atoms with Crippen LogP contribution in [0.2, 0.25) is 0 Å². The van der Waals surface area contributed by atoms with Gasteiger partial charge in [0.05, 0.1) is 0 Å². The highest BCUT2D eigenvalue weighted by Gasteiger charge is 2.31. The maximum atomic E-state index is 12.7. The van der Waals surface area contributed by atoms with Gasteiger partial charge in [-0.3, -0.25) is 9.69 Å². The molecule has 0 aliphatic carbocycles. The molecule has 1 rings (SSSR count). The van der Waals surface area contributed by atoms with Gasteiger partial charge in [-0.1, -0.05) is 12.1 Å². The fourth-order valence-electron chi connectivity index (χ4n) is 1.39. The first-order chi connectivity index (χ1) is 7.84. The molecule has 0 amide bonds. The van der Waals surface area contributed by atoms with Gasteiger partial charge in [-0.15, -0.1) is 0 Å². The lowest BCUT2D eigenvalue weighted by molar-refractivity contribution is -0.148. The van der Waals surface area contributed by atoms with Crippen molar-refractivity contribution < 1.29 is 14.3 Å². The third-order valence-corrected chi connectivity index (χ3v) is 3.13. The number of hydrogen-bond donors (Lipinski definition) is 1. The molecule has 17 heavy (non-hydrogen) atoms. The largest absolute Gasteiger partial charge is 0.480 e. The van der Waals surface area contributed by atoms with Crippen LogP contribution in [-0.4, -0.2) is 35.1 Å². The molecule has 0 aliphatic rings. The Balaban J connectivity index is 2.56. The van der Waals surface area contributed by atoms with Gasteiger partial charge in [-0.25, -0.2) is 4.39 Å². The summed E-state index contributed by atoms with van der Waals surface area (Å²) in [5, 5.41) is 9.05. The summed E-state index contributed by atoms with van der Waals surface area (Å²) >= 11 is 0. The van der Waals surface area contributed by atoms with E-state index in [1.165, 1.54) is 12.1 Å². The normalized spacial score (nSPS) is 11.8. The van der Waals surface area contributed by atoms with E-state index < -0.39 is 11.5 Å². The number of carboxylic acids is 1. The van der Waals surface area contributed by atoms with Crippen LogP contribution in [0.15, 0.2) is 24.3 Å². The van der Waals surface area contributed by atoms with E-state index in [1.54, 1.807) is 37.9 Å². The molecule has 0 aromatic heterocycles. The minimum absolute atomic E-state index is 0.257. The third kappa shape index (κ3) is 3.53. The van der Waals surface area contributed by atoms with Gasteiger partial charge in [0.2, 0.25) is 0 Å². The Hall–Kier alpha value is -1.42. The van der Waals surface area contributed by atoms with Crippen LogP contribution < -0.4 is 0 Å². The summed E-state index contributed by atoms with van der Waals surface area (Å²) < 4.78 is 12.7. The molecule has 4 heteroatoms. The molecule has 94 valence electrons. The Morgan fingerprint density at radius 3 is 2.35 bits per heavy atom. The Morgan fingerprint density at radius 2 is 1.88 bits per heavy atom. The van der Waals surface area contributed by atoms with E-state index in [4.69, 9.17) is 5.11 Å². The van der Waals surface area contributed by atoms with Crippen molar-refractivity contribution in [3.05, 3.63) is 35.6 Å². The first-order valence-electron chi connectivity index (χ1n) is 5.53. The molecule has 0 bridgehead atoms. The average molecular weight is 239 g/mol. The lowest BCUT2D eigenvalue weighted by Crippen LogP contribution is -2.48. The van der Waals surface area contributed by atoms with Gasteiger partial charge in [-0.2, -0.15) is 0 Å². The highest BCUT2D eigenvalue weighted by atomic mass is 19.1. The van der Waals surface area contributed by atoms with Crippen LogP contribution in [0, 0.1) is 5.82 Å². The number of hydrogen-bond acceptors (Lipinski definition) is 2. The quantitative estimate of drug-likeness (QED) is 0.856. The van der Waals surface area contributed by atoms with E-state index >= 15 is 0 Å². The molecule has 0 spiro atoms. The van der Waals surface area contributed by atoms with E-state index in [0.717, 1.165) is 5.56 Å². The predicted octanol–water partition coefficient (Wildman–Crippen LogP) is 2.16. The molecule has 0 heterocycles. The van der Waals surface area contributed by atoms with E-state index in [2.05, 4.69) is 0 Å². The topological polar surface area (TPSA) is 40.5 Å². The Bertz CT molecular complexity index is 387. The number of rotatable bonds is 5. The number of carbonyl (C=O) groups is 1. The first-order valence-corrected chi connectivity index (χ1v) is 5.53. The van der Waals surface area contributed by atoms with Crippen molar-refractivity contribution in [2.75, 3.05) is 13.6 Å². The molecule has 0 fully saturated rings. The Kier molecular flexibility index (Phi) is 4.23. The zero-order valence-electron chi connectivity index (χ0n) is 10.4. The maximum absolute atomic E-state index is 12.7. The van der Waals surface area contributed by atoms with Gasteiger partial charge >= 0.3 is 5.97 Å². The van der Waals surface area contributed by atoms with Crippen molar-refractivity contribution in [1.29, 1.82) is 0 Å². The van der Waals surface area contributed by atoms with Crippen LogP contribution in [0.25, 0.3) is 0 Å². The van der Waals surface area contributed by atoms with Crippen LogP contribution in [-0.2, 0) is 11.2 Å². The summed E-state index contributed by atoms with van der Waals surface area (Å²) in [5.74, 6) is -1.10. The zero-order valence-corrected chi connectivity index (χ0v) is 10.4. The minimum Gasteiger partial charge on any atom is -0.480 e. The highest BCUT2D eigenvalue weighted by molar-refractivity contribution is 5.77. The number of likely N-dealkylation sites (N-methyl/N-ethyl adjacent to an activating group) is 1. The van der Waals surface area contributed by atoms with Crippen molar-refractivity contribution >= 4 is 5.97 Å². The van der Waals surface area contributed by atoms with E-state index in [0.29, 0.717) is 13.0 Å². The van der Waals surface area contributed by atoms with Crippen molar-refractivity contribution in [1.82, 2.24) is 4.90 Å².